The van der Waals surface area contributed by atoms with Gasteiger partial charge in [-0.3, -0.25) is 14.7 Å². The van der Waals surface area contributed by atoms with Crippen LogP contribution < -0.4 is 5.32 Å². The third-order valence-electron chi connectivity index (χ3n) is 8.25. The third kappa shape index (κ3) is 7.36. The number of hydrogen-bond donors (Lipinski definition) is 3. The highest BCUT2D eigenvalue weighted by molar-refractivity contribution is 6.04. The highest BCUT2D eigenvalue weighted by atomic mass is 16.7. The van der Waals surface area contributed by atoms with E-state index in [9.17, 15) is 15.0 Å². The van der Waals surface area contributed by atoms with Gasteiger partial charge in [-0.1, -0.05) is 73.7 Å². The van der Waals surface area contributed by atoms with Crippen LogP contribution in [0.2, 0.25) is 0 Å². The van der Waals surface area contributed by atoms with E-state index in [1.54, 1.807) is 18.3 Å². The molecule has 0 aliphatic carbocycles. The van der Waals surface area contributed by atoms with Crippen molar-refractivity contribution in [2.75, 3.05) is 18.9 Å². The number of carbonyl (C=O) groups is 1. The monoisotopic (exact) mass is 581 g/mol. The molecule has 224 valence electrons. The number of benzene rings is 3. The van der Waals surface area contributed by atoms with Crippen LogP contribution in [0.15, 0.2) is 103 Å². The normalized spacial score (nSPS) is 21.7. The van der Waals surface area contributed by atoms with Gasteiger partial charge in [0.1, 0.15) is 0 Å². The fourth-order valence-electron chi connectivity index (χ4n) is 5.37. The van der Waals surface area contributed by atoms with Crippen molar-refractivity contribution < 1.29 is 24.5 Å². The Kier molecular flexibility index (Phi) is 9.97. The van der Waals surface area contributed by atoms with Gasteiger partial charge in [-0.25, -0.2) is 0 Å². The Balaban J connectivity index is 1.35. The van der Waals surface area contributed by atoms with Gasteiger partial charge in [0, 0.05) is 42.1 Å². The molecule has 1 amide bonds. The number of aromatic nitrogens is 1. The SMILES string of the molecule is CC1C(CN(C)C(C)C(O)c2ccccc2)OC(c2ccc(NC(=O)c3cccnc3)cc2)OC1c1ccc(CO)cc1. The molecule has 6 unspecified atom stereocenters. The quantitative estimate of drug-likeness (QED) is 0.222. The van der Waals surface area contributed by atoms with Crippen molar-refractivity contribution in [3.05, 3.63) is 131 Å². The highest BCUT2D eigenvalue weighted by Crippen LogP contribution is 2.42. The van der Waals surface area contributed by atoms with E-state index in [2.05, 4.69) is 22.1 Å². The predicted octanol–water partition coefficient (Wildman–Crippen LogP) is 5.67. The molecule has 43 heavy (non-hydrogen) atoms. The number of anilines is 1. The molecule has 5 rings (SSSR count). The molecule has 8 heteroatoms. The van der Waals surface area contributed by atoms with Gasteiger partial charge in [-0.15, -0.1) is 0 Å². The molecule has 1 aliphatic heterocycles. The van der Waals surface area contributed by atoms with Crippen LogP contribution in [0.1, 0.15) is 65.0 Å². The molecule has 1 aliphatic rings. The van der Waals surface area contributed by atoms with E-state index >= 15 is 0 Å². The van der Waals surface area contributed by atoms with Gasteiger partial charge in [0.25, 0.3) is 5.91 Å². The zero-order valence-corrected chi connectivity index (χ0v) is 24.7. The van der Waals surface area contributed by atoms with Crippen LogP contribution in [0.4, 0.5) is 5.69 Å². The van der Waals surface area contributed by atoms with Gasteiger partial charge in [-0.2, -0.15) is 0 Å². The predicted molar refractivity (Wildman–Crippen MR) is 165 cm³/mol. The van der Waals surface area contributed by atoms with Gasteiger partial charge in [0.15, 0.2) is 6.29 Å². The number of amides is 1. The maximum Gasteiger partial charge on any atom is 0.257 e. The summed E-state index contributed by atoms with van der Waals surface area (Å²) in [7, 11) is 2.00. The maximum atomic E-state index is 12.6. The summed E-state index contributed by atoms with van der Waals surface area (Å²) in [4.78, 5) is 18.7. The number of rotatable bonds is 10. The van der Waals surface area contributed by atoms with E-state index in [0.717, 1.165) is 22.3 Å². The van der Waals surface area contributed by atoms with Gasteiger partial charge < -0.3 is 25.0 Å². The van der Waals surface area contributed by atoms with Crippen LogP contribution >= 0.6 is 0 Å². The van der Waals surface area contributed by atoms with Crippen LogP contribution in [0.5, 0.6) is 0 Å². The average Bonchev–Trinajstić information content (AvgIpc) is 3.06. The van der Waals surface area contributed by atoms with Crippen molar-refractivity contribution in [1.82, 2.24) is 9.88 Å². The Labute approximate surface area is 252 Å². The number of aliphatic hydroxyl groups is 2. The Bertz CT molecular complexity index is 1450. The summed E-state index contributed by atoms with van der Waals surface area (Å²) in [6, 6.07) is 28.2. The van der Waals surface area contributed by atoms with Gasteiger partial charge >= 0.3 is 0 Å². The summed E-state index contributed by atoms with van der Waals surface area (Å²) in [6.07, 6.45) is 1.40. The number of nitrogens with zero attached hydrogens (tertiary/aromatic N) is 2. The molecule has 0 saturated carbocycles. The van der Waals surface area contributed by atoms with Crippen LogP contribution in [0.25, 0.3) is 0 Å². The number of aliphatic hydroxyl groups excluding tert-OH is 2. The van der Waals surface area contributed by atoms with Gasteiger partial charge in [-0.05, 0) is 54.9 Å². The van der Waals surface area contributed by atoms with E-state index in [4.69, 9.17) is 9.47 Å². The van der Waals surface area contributed by atoms with Crippen molar-refractivity contribution >= 4 is 11.6 Å². The molecule has 4 aromatic rings. The van der Waals surface area contributed by atoms with Crippen molar-refractivity contribution in [2.45, 2.75) is 51.1 Å². The summed E-state index contributed by atoms with van der Waals surface area (Å²) in [5, 5.41) is 23.5. The molecule has 3 N–H and O–H groups in total. The van der Waals surface area contributed by atoms with Crippen LogP contribution in [-0.2, 0) is 16.1 Å². The largest absolute Gasteiger partial charge is 0.392 e. The number of hydrogen-bond acceptors (Lipinski definition) is 7. The molecule has 1 saturated heterocycles. The number of ether oxygens (including phenoxy) is 2. The zero-order chi connectivity index (χ0) is 30.3. The highest BCUT2D eigenvalue weighted by Gasteiger charge is 2.39. The van der Waals surface area contributed by atoms with E-state index < -0.39 is 12.4 Å². The molecule has 0 bridgehead atoms. The molecular weight excluding hydrogens is 542 g/mol. The van der Waals surface area contributed by atoms with Crippen molar-refractivity contribution in [1.29, 1.82) is 0 Å². The first-order valence-electron chi connectivity index (χ1n) is 14.6. The second-order valence-electron chi connectivity index (χ2n) is 11.2. The molecule has 3 aromatic carbocycles. The lowest BCUT2D eigenvalue weighted by molar-refractivity contribution is -0.276. The second kappa shape index (κ2) is 14.0. The zero-order valence-electron chi connectivity index (χ0n) is 24.7. The van der Waals surface area contributed by atoms with Crippen molar-refractivity contribution in [3.63, 3.8) is 0 Å². The minimum absolute atomic E-state index is 0.00205. The topological polar surface area (TPSA) is 104 Å². The summed E-state index contributed by atoms with van der Waals surface area (Å²) in [5.74, 6) is -0.237. The maximum absolute atomic E-state index is 12.6. The Hall–Kier alpha value is -3.92. The van der Waals surface area contributed by atoms with E-state index in [1.807, 2.05) is 92.8 Å². The van der Waals surface area contributed by atoms with E-state index in [0.29, 0.717) is 17.8 Å². The van der Waals surface area contributed by atoms with Crippen LogP contribution in [0.3, 0.4) is 0 Å². The molecule has 1 fully saturated rings. The Morgan fingerprint density at radius 3 is 2.30 bits per heavy atom. The summed E-state index contributed by atoms with van der Waals surface area (Å²) in [5.41, 5.74) is 4.67. The summed E-state index contributed by atoms with van der Waals surface area (Å²) < 4.78 is 13.2. The Morgan fingerprint density at radius 2 is 1.65 bits per heavy atom. The first-order valence-corrected chi connectivity index (χ1v) is 14.6. The third-order valence-corrected chi connectivity index (χ3v) is 8.25. The van der Waals surface area contributed by atoms with Crippen LogP contribution in [0, 0.1) is 5.92 Å². The van der Waals surface area contributed by atoms with Crippen molar-refractivity contribution in [3.8, 4) is 0 Å². The standard InChI is InChI=1S/C35H39N3O5/c1-23-31(21-38(3)24(2)32(40)26-8-5-4-6-9-26)42-35(43-33(23)27-13-11-25(22-39)12-14-27)28-15-17-30(18-16-28)37-34(41)29-10-7-19-36-20-29/h4-20,23-24,31-33,35,39-40H,21-22H2,1-3H3,(H,37,41). The number of likely N-dealkylation sites (N-methyl/N-ethyl adjacent to an activating group) is 1. The average molecular weight is 582 g/mol. The minimum atomic E-state index is -0.645. The number of nitrogens with one attached hydrogen (secondary N) is 1. The molecule has 8 nitrogen and oxygen atoms in total. The number of carbonyl (C=O) groups excluding carboxylic acids is 1. The lowest BCUT2D eigenvalue weighted by atomic mass is 9.89. The molecular formula is C35H39N3O5. The Morgan fingerprint density at radius 1 is 0.953 bits per heavy atom. The smallest absolute Gasteiger partial charge is 0.257 e. The fourth-order valence-corrected chi connectivity index (χ4v) is 5.37. The lowest BCUT2D eigenvalue weighted by Gasteiger charge is -2.43. The lowest BCUT2D eigenvalue weighted by Crippen LogP contribution is -2.46. The molecule has 6 atom stereocenters. The first kappa shape index (κ1) is 30.5. The van der Waals surface area contributed by atoms with Gasteiger partial charge in [0.05, 0.1) is 30.5 Å². The molecule has 0 radical (unpaired) electrons. The first-order chi connectivity index (χ1) is 20.8. The number of pyridine rings is 1. The van der Waals surface area contributed by atoms with E-state index in [-0.39, 0.29) is 36.7 Å². The molecule has 0 spiro atoms. The minimum Gasteiger partial charge on any atom is -0.392 e. The molecule has 1 aromatic heterocycles. The van der Waals surface area contributed by atoms with Gasteiger partial charge in [0.2, 0.25) is 0 Å². The summed E-state index contributed by atoms with van der Waals surface area (Å²) in [6.45, 7) is 4.69. The summed E-state index contributed by atoms with van der Waals surface area (Å²) >= 11 is 0. The van der Waals surface area contributed by atoms with Crippen LogP contribution in [-0.4, -0.2) is 51.7 Å². The fraction of sp³-hybridized carbons (Fsp3) is 0.314. The van der Waals surface area contributed by atoms with E-state index in [1.165, 1.54) is 6.20 Å². The second-order valence-corrected chi connectivity index (χ2v) is 11.2. The van der Waals surface area contributed by atoms with Crippen molar-refractivity contribution in [2.24, 2.45) is 5.92 Å². The molecule has 2 heterocycles.